The van der Waals surface area contributed by atoms with Crippen molar-refractivity contribution in [2.24, 2.45) is 0 Å². The average Bonchev–Trinajstić information content (AvgIpc) is 2.81. The fraction of sp³-hybridized carbons (Fsp3) is 0.500. The zero-order chi connectivity index (χ0) is 13.6. The van der Waals surface area contributed by atoms with Crippen molar-refractivity contribution in [1.29, 1.82) is 0 Å². The molecule has 2 N–H and O–H groups in total. The van der Waals surface area contributed by atoms with Crippen molar-refractivity contribution in [3.63, 3.8) is 0 Å². The largest absolute Gasteiger partial charge is 0.480 e. The number of carboxylic acids is 1. The van der Waals surface area contributed by atoms with E-state index < -0.39 is 11.4 Å². The summed E-state index contributed by atoms with van der Waals surface area (Å²) in [6.07, 6.45) is 0. The maximum atomic E-state index is 12.0. The van der Waals surface area contributed by atoms with Crippen molar-refractivity contribution in [2.75, 3.05) is 19.8 Å². The Kier molecular flexibility index (Phi) is 5.30. The van der Waals surface area contributed by atoms with E-state index in [1.807, 2.05) is 31.4 Å². The van der Waals surface area contributed by atoms with Gasteiger partial charge in [0, 0.05) is 11.4 Å². The molecule has 18 heavy (non-hydrogen) atoms. The van der Waals surface area contributed by atoms with E-state index in [-0.39, 0.29) is 19.1 Å². The highest BCUT2D eigenvalue weighted by atomic mass is 32.1. The van der Waals surface area contributed by atoms with Crippen molar-refractivity contribution in [1.82, 2.24) is 5.32 Å². The van der Waals surface area contributed by atoms with Crippen molar-refractivity contribution in [3.05, 3.63) is 22.4 Å². The number of ether oxygens (including phenoxy) is 1. The van der Waals surface area contributed by atoms with Gasteiger partial charge in [-0.2, -0.15) is 0 Å². The number of hydrogen-bond acceptors (Lipinski definition) is 4. The summed E-state index contributed by atoms with van der Waals surface area (Å²) in [6.45, 7) is 3.86. The number of amides is 1. The molecule has 100 valence electrons. The molecule has 0 aliphatic carbocycles. The quantitative estimate of drug-likeness (QED) is 0.732. The third kappa shape index (κ3) is 4.12. The highest BCUT2D eigenvalue weighted by Gasteiger charge is 2.30. The van der Waals surface area contributed by atoms with Crippen molar-refractivity contribution in [3.8, 4) is 0 Å². The molecule has 1 aromatic heterocycles. The number of hydrogen-bond donors (Lipinski definition) is 2. The topological polar surface area (TPSA) is 75.6 Å². The first-order valence-corrected chi connectivity index (χ1v) is 6.44. The summed E-state index contributed by atoms with van der Waals surface area (Å²) in [5, 5.41) is 13.0. The molecule has 1 rings (SSSR count). The van der Waals surface area contributed by atoms with Crippen LogP contribution in [0.5, 0.6) is 0 Å². The predicted molar refractivity (Wildman–Crippen MR) is 68.8 cm³/mol. The van der Waals surface area contributed by atoms with Crippen LogP contribution in [0.15, 0.2) is 17.5 Å². The van der Waals surface area contributed by atoms with Gasteiger partial charge in [0.15, 0.2) is 0 Å². The Labute approximate surface area is 110 Å². The summed E-state index contributed by atoms with van der Waals surface area (Å²) in [6, 6.07) is 3.83. The van der Waals surface area contributed by atoms with Crippen LogP contribution in [0.2, 0.25) is 0 Å². The molecule has 0 atom stereocenters. The monoisotopic (exact) mass is 271 g/mol. The molecule has 0 saturated carbocycles. The van der Waals surface area contributed by atoms with Crippen molar-refractivity contribution in [2.45, 2.75) is 19.3 Å². The van der Waals surface area contributed by atoms with E-state index in [0.717, 1.165) is 4.88 Å². The highest BCUT2D eigenvalue weighted by molar-refractivity contribution is 7.10. The number of carboxylic acid groups (broad SMARTS) is 1. The van der Waals surface area contributed by atoms with Crippen molar-refractivity contribution < 1.29 is 19.4 Å². The van der Waals surface area contributed by atoms with Gasteiger partial charge < -0.3 is 15.2 Å². The second kappa shape index (κ2) is 6.51. The lowest BCUT2D eigenvalue weighted by Crippen LogP contribution is -2.41. The molecule has 0 aromatic carbocycles. The Hall–Kier alpha value is -1.40. The first kappa shape index (κ1) is 14.7. The van der Waals surface area contributed by atoms with Crippen LogP contribution in [-0.4, -0.2) is 36.7 Å². The lowest BCUT2D eigenvalue weighted by molar-refractivity contribution is -0.142. The minimum atomic E-state index is -1.01. The van der Waals surface area contributed by atoms with E-state index >= 15 is 0 Å². The molecule has 1 aromatic rings. The van der Waals surface area contributed by atoms with E-state index in [2.05, 4.69) is 5.32 Å². The molecule has 0 aliphatic rings. The minimum absolute atomic E-state index is 0.0936. The van der Waals surface area contributed by atoms with Gasteiger partial charge in [0.1, 0.15) is 6.61 Å². The molecule has 5 nitrogen and oxygen atoms in total. The summed E-state index contributed by atoms with van der Waals surface area (Å²) >= 11 is 1.54. The Bertz CT molecular complexity index is 400. The Balaban J connectivity index is 2.34. The third-order valence-corrected chi connectivity index (χ3v) is 3.66. The van der Waals surface area contributed by atoms with Crippen LogP contribution in [0.3, 0.4) is 0 Å². The van der Waals surface area contributed by atoms with Gasteiger partial charge in [-0.1, -0.05) is 6.07 Å². The zero-order valence-electron chi connectivity index (χ0n) is 10.4. The van der Waals surface area contributed by atoms with Gasteiger partial charge in [-0.15, -0.1) is 11.3 Å². The lowest BCUT2D eigenvalue weighted by atomic mass is 9.90. The molecule has 1 heterocycles. The molecule has 0 unspecified atom stereocenters. The first-order chi connectivity index (χ1) is 8.44. The Morgan fingerprint density at radius 3 is 2.78 bits per heavy atom. The van der Waals surface area contributed by atoms with E-state index in [1.54, 1.807) is 0 Å². The van der Waals surface area contributed by atoms with Crippen LogP contribution in [0.1, 0.15) is 18.7 Å². The molecule has 1 amide bonds. The van der Waals surface area contributed by atoms with Crippen LogP contribution in [-0.2, 0) is 19.7 Å². The molecular formula is C12H17NO4S. The molecule has 0 radical (unpaired) electrons. The fourth-order valence-electron chi connectivity index (χ4n) is 1.36. The number of nitrogens with one attached hydrogen (secondary N) is 1. The predicted octanol–water partition coefficient (Wildman–Crippen LogP) is 1.24. The van der Waals surface area contributed by atoms with E-state index in [9.17, 15) is 9.59 Å². The maximum absolute atomic E-state index is 12.0. The van der Waals surface area contributed by atoms with Gasteiger partial charge in [-0.3, -0.25) is 4.79 Å². The Morgan fingerprint density at radius 2 is 2.22 bits per heavy atom. The SMILES string of the molecule is CC(C)(C(=O)NCCOCC(=O)O)c1cccs1. The third-order valence-electron chi connectivity index (χ3n) is 2.46. The fourth-order valence-corrected chi connectivity index (χ4v) is 2.21. The van der Waals surface area contributed by atoms with Crippen LogP contribution >= 0.6 is 11.3 Å². The second-order valence-electron chi connectivity index (χ2n) is 4.30. The van der Waals surface area contributed by atoms with E-state index in [4.69, 9.17) is 9.84 Å². The molecule has 0 spiro atoms. The molecule has 0 saturated heterocycles. The average molecular weight is 271 g/mol. The van der Waals surface area contributed by atoms with Crippen LogP contribution < -0.4 is 5.32 Å². The molecule has 6 heteroatoms. The van der Waals surface area contributed by atoms with Crippen molar-refractivity contribution >= 4 is 23.2 Å². The normalized spacial score (nSPS) is 11.2. The maximum Gasteiger partial charge on any atom is 0.329 e. The molecular weight excluding hydrogens is 254 g/mol. The van der Waals surface area contributed by atoms with Crippen LogP contribution in [0, 0.1) is 0 Å². The summed E-state index contributed by atoms with van der Waals surface area (Å²) in [5.74, 6) is -1.11. The smallest absolute Gasteiger partial charge is 0.329 e. The minimum Gasteiger partial charge on any atom is -0.480 e. The number of rotatable bonds is 7. The van der Waals surface area contributed by atoms with Gasteiger partial charge in [0.25, 0.3) is 0 Å². The first-order valence-electron chi connectivity index (χ1n) is 5.56. The van der Waals surface area contributed by atoms with Gasteiger partial charge in [0.05, 0.1) is 12.0 Å². The Morgan fingerprint density at radius 1 is 1.50 bits per heavy atom. The van der Waals surface area contributed by atoms with Gasteiger partial charge in [0.2, 0.25) is 5.91 Å². The zero-order valence-corrected chi connectivity index (χ0v) is 11.3. The summed E-state index contributed by atoms with van der Waals surface area (Å²) < 4.78 is 4.84. The van der Waals surface area contributed by atoms with Gasteiger partial charge >= 0.3 is 5.97 Å². The lowest BCUT2D eigenvalue weighted by Gasteiger charge is -2.22. The number of carbonyl (C=O) groups is 2. The van der Waals surface area contributed by atoms with E-state index in [1.165, 1.54) is 11.3 Å². The van der Waals surface area contributed by atoms with Gasteiger partial charge in [-0.25, -0.2) is 4.79 Å². The molecule has 0 bridgehead atoms. The van der Waals surface area contributed by atoms with Crippen LogP contribution in [0.25, 0.3) is 0 Å². The summed E-state index contributed by atoms with van der Waals surface area (Å²) in [4.78, 5) is 23.2. The number of thiophene rings is 1. The van der Waals surface area contributed by atoms with Gasteiger partial charge in [-0.05, 0) is 25.3 Å². The number of aliphatic carboxylic acids is 1. The summed E-state index contributed by atoms with van der Waals surface area (Å²) in [5.41, 5.74) is -0.582. The standard InChI is InChI=1S/C12H17NO4S/c1-12(2,9-4-3-7-18-9)11(16)13-5-6-17-8-10(14)15/h3-4,7H,5-6,8H2,1-2H3,(H,13,16)(H,14,15). The number of carbonyl (C=O) groups excluding carboxylic acids is 1. The highest BCUT2D eigenvalue weighted by Crippen LogP contribution is 2.27. The molecule has 0 aliphatic heterocycles. The van der Waals surface area contributed by atoms with E-state index in [0.29, 0.717) is 6.54 Å². The molecule has 0 fully saturated rings. The van der Waals surface area contributed by atoms with Crippen LogP contribution in [0.4, 0.5) is 0 Å². The second-order valence-corrected chi connectivity index (χ2v) is 5.25. The summed E-state index contributed by atoms with van der Waals surface area (Å²) in [7, 11) is 0.